The van der Waals surface area contributed by atoms with Crippen molar-refractivity contribution < 1.29 is 4.79 Å². The number of amides is 1. The minimum atomic E-state index is 0.0770. The van der Waals surface area contributed by atoms with Gasteiger partial charge in [-0.3, -0.25) is 14.7 Å². The van der Waals surface area contributed by atoms with E-state index in [2.05, 4.69) is 21.3 Å². The summed E-state index contributed by atoms with van der Waals surface area (Å²) in [6, 6.07) is 6.37. The fourth-order valence-corrected chi connectivity index (χ4v) is 2.24. The summed E-state index contributed by atoms with van der Waals surface area (Å²) in [6.07, 6.45) is 3.90. The summed E-state index contributed by atoms with van der Waals surface area (Å²) in [5, 5.41) is 2.98. The summed E-state index contributed by atoms with van der Waals surface area (Å²) in [6.45, 7) is 4.55. The fourth-order valence-electron chi connectivity index (χ4n) is 2.24. The third-order valence-electron chi connectivity index (χ3n) is 3.11. The average molecular weight is 233 g/mol. The van der Waals surface area contributed by atoms with Gasteiger partial charge in [-0.1, -0.05) is 6.07 Å². The minimum absolute atomic E-state index is 0.0770. The van der Waals surface area contributed by atoms with Gasteiger partial charge in [-0.25, -0.2) is 0 Å². The largest absolute Gasteiger partial charge is 0.354 e. The molecule has 4 nitrogen and oxygen atoms in total. The molecule has 17 heavy (non-hydrogen) atoms. The van der Waals surface area contributed by atoms with Gasteiger partial charge in [0.05, 0.1) is 5.69 Å². The molecule has 0 atom stereocenters. The molecule has 1 N–H and O–H groups in total. The first-order valence-electron chi connectivity index (χ1n) is 6.13. The molecule has 0 radical (unpaired) electrons. The smallest absolute Gasteiger partial charge is 0.217 e. The van der Waals surface area contributed by atoms with Crippen LogP contribution in [-0.4, -0.2) is 34.9 Å². The Kier molecular flexibility index (Phi) is 4.09. The summed E-state index contributed by atoms with van der Waals surface area (Å²) in [7, 11) is 0. The molecule has 0 aromatic carbocycles. The Morgan fingerprint density at radius 2 is 2.24 bits per heavy atom. The van der Waals surface area contributed by atoms with Crippen molar-refractivity contribution in [3.05, 3.63) is 30.1 Å². The first kappa shape index (κ1) is 12.0. The van der Waals surface area contributed by atoms with Gasteiger partial charge in [-0.15, -0.1) is 0 Å². The number of likely N-dealkylation sites (tertiary alicyclic amines) is 1. The maximum atomic E-state index is 10.9. The van der Waals surface area contributed by atoms with Gasteiger partial charge in [-0.05, 0) is 25.0 Å². The van der Waals surface area contributed by atoms with Gasteiger partial charge in [0.2, 0.25) is 5.91 Å². The van der Waals surface area contributed by atoms with Crippen molar-refractivity contribution >= 4 is 5.91 Å². The number of pyridine rings is 1. The Labute approximate surface area is 102 Å². The SMILES string of the molecule is CC(=O)NC1CCN(Cc2ccccn2)CC1. The number of hydrogen-bond acceptors (Lipinski definition) is 3. The highest BCUT2D eigenvalue weighted by molar-refractivity contribution is 5.73. The molecule has 0 unspecified atom stereocenters. The summed E-state index contributed by atoms with van der Waals surface area (Å²) < 4.78 is 0. The molecule has 2 rings (SSSR count). The van der Waals surface area contributed by atoms with E-state index in [0.717, 1.165) is 38.2 Å². The average Bonchev–Trinajstić information content (AvgIpc) is 2.32. The Morgan fingerprint density at radius 1 is 1.47 bits per heavy atom. The van der Waals surface area contributed by atoms with E-state index in [-0.39, 0.29) is 5.91 Å². The van der Waals surface area contributed by atoms with Crippen molar-refractivity contribution in [3.8, 4) is 0 Å². The van der Waals surface area contributed by atoms with Crippen LogP contribution in [0.4, 0.5) is 0 Å². The van der Waals surface area contributed by atoms with Gasteiger partial charge in [0.15, 0.2) is 0 Å². The summed E-state index contributed by atoms with van der Waals surface area (Å²) >= 11 is 0. The number of nitrogens with one attached hydrogen (secondary N) is 1. The van der Waals surface area contributed by atoms with Crippen molar-refractivity contribution in [2.45, 2.75) is 32.4 Å². The van der Waals surface area contributed by atoms with Crippen molar-refractivity contribution in [2.24, 2.45) is 0 Å². The lowest BCUT2D eigenvalue weighted by Gasteiger charge is -2.31. The monoisotopic (exact) mass is 233 g/mol. The van der Waals surface area contributed by atoms with E-state index < -0.39 is 0 Å². The Morgan fingerprint density at radius 3 is 2.82 bits per heavy atom. The first-order valence-corrected chi connectivity index (χ1v) is 6.13. The first-order chi connectivity index (χ1) is 8.24. The molecule has 1 aliphatic heterocycles. The third-order valence-corrected chi connectivity index (χ3v) is 3.11. The van der Waals surface area contributed by atoms with Crippen LogP contribution in [-0.2, 0) is 11.3 Å². The maximum absolute atomic E-state index is 10.9. The van der Waals surface area contributed by atoms with Crippen molar-refractivity contribution in [2.75, 3.05) is 13.1 Å². The molecular weight excluding hydrogens is 214 g/mol. The summed E-state index contributed by atoms with van der Waals surface area (Å²) in [4.78, 5) is 17.7. The lowest BCUT2D eigenvalue weighted by atomic mass is 10.0. The predicted molar refractivity (Wildman–Crippen MR) is 66.4 cm³/mol. The number of carbonyl (C=O) groups is 1. The van der Waals surface area contributed by atoms with Gasteiger partial charge in [0, 0.05) is 38.8 Å². The third kappa shape index (κ3) is 3.82. The molecule has 0 saturated carbocycles. The molecule has 1 aliphatic rings. The molecule has 1 aromatic heterocycles. The molecule has 4 heteroatoms. The van der Waals surface area contributed by atoms with E-state index in [0.29, 0.717) is 6.04 Å². The second kappa shape index (κ2) is 5.77. The van der Waals surface area contributed by atoms with E-state index in [1.807, 2.05) is 18.3 Å². The number of piperidine rings is 1. The lowest BCUT2D eigenvalue weighted by molar-refractivity contribution is -0.119. The van der Waals surface area contributed by atoms with E-state index in [9.17, 15) is 4.79 Å². The van der Waals surface area contributed by atoms with Crippen LogP contribution in [0.1, 0.15) is 25.5 Å². The van der Waals surface area contributed by atoms with Crippen LogP contribution in [0.5, 0.6) is 0 Å². The van der Waals surface area contributed by atoms with Crippen molar-refractivity contribution in [1.82, 2.24) is 15.2 Å². The van der Waals surface area contributed by atoms with Crippen LogP contribution >= 0.6 is 0 Å². The molecule has 0 aliphatic carbocycles. The van der Waals surface area contributed by atoms with E-state index >= 15 is 0 Å². The van der Waals surface area contributed by atoms with Crippen LogP contribution in [0.3, 0.4) is 0 Å². The van der Waals surface area contributed by atoms with Crippen LogP contribution < -0.4 is 5.32 Å². The van der Waals surface area contributed by atoms with Crippen molar-refractivity contribution in [1.29, 1.82) is 0 Å². The van der Waals surface area contributed by atoms with Crippen LogP contribution in [0.2, 0.25) is 0 Å². The lowest BCUT2D eigenvalue weighted by Crippen LogP contribution is -2.43. The number of rotatable bonds is 3. The molecule has 2 heterocycles. The van der Waals surface area contributed by atoms with Gasteiger partial charge >= 0.3 is 0 Å². The van der Waals surface area contributed by atoms with Crippen LogP contribution in [0, 0.1) is 0 Å². The highest BCUT2D eigenvalue weighted by Crippen LogP contribution is 2.12. The normalized spacial score (nSPS) is 17.9. The maximum Gasteiger partial charge on any atom is 0.217 e. The standard InChI is InChI=1S/C13H19N3O/c1-11(17)15-12-5-8-16(9-6-12)10-13-4-2-3-7-14-13/h2-4,7,12H,5-6,8-10H2,1H3,(H,15,17). The van der Waals surface area contributed by atoms with Gasteiger partial charge in [-0.2, -0.15) is 0 Å². The molecule has 1 fully saturated rings. The Hall–Kier alpha value is -1.42. The highest BCUT2D eigenvalue weighted by Gasteiger charge is 2.19. The topological polar surface area (TPSA) is 45.2 Å². The second-order valence-electron chi connectivity index (χ2n) is 4.57. The summed E-state index contributed by atoms with van der Waals surface area (Å²) in [5.74, 6) is 0.0770. The molecule has 0 bridgehead atoms. The number of carbonyl (C=O) groups excluding carboxylic acids is 1. The Balaban J connectivity index is 1.78. The van der Waals surface area contributed by atoms with Crippen LogP contribution in [0.15, 0.2) is 24.4 Å². The number of nitrogens with zero attached hydrogens (tertiary/aromatic N) is 2. The number of hydrogen-bond donors (Lipinski definition) is 1. The molecule has 1 saturated heterocycles. The number of aromatic nitrogens is 1. The molecular formula is C13H19N3O. The molecule has 0 spiro atoms. The van der Waals surface area contributed by atoms with Gasteiger partial charge in [0.1, 0.15) is 0 Å². The minimum Gasteiger partial charge on any atom is -0.354 e. The predicted octanol–water partition coefficient (Wildman–Crippen LogP) is 1.18. The molecule has 1 aromatic rings. The fraction of sp³-hybridized carbons (Fsp3) is 0.538. The van der Waals surface area contributed by atoms with E-state index in [1.54, 1.807) is 6.92 Å². The second-order valence-corrected chi connectivity index (χ2v) is 4.57. The zero-order valence-corrected chi connectivity index (χ0v) is 10.2. The summed E-state index contributed by atoms with van der Waals surface area (Å²) in [5.41, 5.74) is 1.12. The quantitative estimate of drug-likeness (QED) is 0.852. The zero-order chi connectivity index (χ0) is 12.1. The van der Waals surface area contributed by atoms with Gasteiger partial charge < -0.3 is 5.32 Å². The zero-order valence-electron chi connectivity index (χ0n) is 10.2. The molecule has 92 valence electrons. The van der Waals surface area contributed by atoms with E-state index in [4.69, 9.17) is 0 Å². The van der Waals surface area contributed by atoms with E-state index in [1.165, 1.54) is 0 Å². The Bertz CT molecular complexity index is 358. The van der Waals surface area contributed by atoms with Gasteiger partial charge in [0.25, 0.3) is 0 Å². The highest BCUT2D eigenvalue weighted by atomic mass is 16.1. The molecule has 1 amide bonds. The van der Waals surface area contributed by atoms with Crippen molar-refractivity contribution in [3.63, 3.8) is 0 Å². The van der Waals surface area contributed by atoms with Crippen LogP contribution in [0.25, 0.3) is 0 Å².